The number of halogens is 2. The van der Waals surface area contributed by atoms with Gasteiger partial charge in [-0.1, -0.05) is 35.9 Å². The molecule has 2 aromatic rings. The minimum Gasteiger partial charge on any atom is -0.444 e. The molecule has 0 saturated carbocycles. The normalized spacial score (nSPS) is 10.9. The first-order valence-corrected chi connectivity index (χ1v) is 10.0. The molecule has 0 bridgehead atoms. The molecule has 7 nitrogen and oxygen atoms in total. The summed E-state index contributed by atoms with van der Waals surface area (Å²) in [5.41, 5.74) is 0.253. The van der Waals surface area contributed by atoms with Crippen LogP contribution in [-0.2, 0) is 16.1 Å². The predicted molar refractivity (Wildman–Crippen MR) is 117 cm³/mol. The highest BCUT2D eigenvalue weighted by Crippen LogP contribution is 2.20. The molecule has 2 rings (SSSR count). The van der Waals surface area contributed by atoms with Crippen LogP contribution in [0.5, 0.6) is 0 Å². The van der Waals surface area contributed by atoms with Crippen molar-refractivity contribution < 1.29 is 23.5 Å². The molecule has 0 radical (unpaired) electrons. The van der Waals surface area contributed by atoms with Crippen molar-refractivity contribution in [3.8, 4) is 0 Å². The summed E-state index contributed by atoms with van der Waals surface area (Å²) in [5.74, 6) is -1.71. The van der Waals surface area contributed by atoms with E-state index in [0.717, 1.165) is 6.07 Å². The highest BCUT2D eigenvalue weighted by atomic mass is 35.5. The van der Waals surface area contributed by atoms with Crippen LogP contribution < -0.4 is 16.0 Å². The van der Waals surface area contributed by atoms with Crippen molar-refractivity contribution in [3.63, 3.8) is 0 Å². The van der Waals surface area contributed by atoms with Crippen LogP contribution in [0.2, 0.25) is 5.02 Å². The number of rotatable bonds is 7. The lowest BCUT2D eigenvalue weighted by Gasteiger charge is -2.19. The number of ether oxygens (including phenoxy) is 1. The van der Waals surface area contributed by atoms with Crippen LogP contribution in [0.1, 0.15) is 43.1 Å². The van der Waals surface area contributed by atoms with E-state index in [-0.39, 0.29) is 36.0 Å². The van der Waals surface area contributed by atoms with Crippen molar-refractivity contribution in [1.82, 2.24) is 10.6 Å². The zero-order chi connectivity index (χ0) is 23.0. The number of hydrogen-bond acceptors (Lipinski definition) is 4. The molecule has 0 aliphatic rings. The molecule has 9 heteroatoms. The summed E-state index contributed by atoms with van der Waals surface area (Å²) in [6, 6.07) is 10.9. The van der Waals surface area contributed by atoms with Gasteiger partial charge in [-0.05, 0) is 44.5 Å². The summed E-state index contributed by atoms with van der Waals surface area (Å²) in [7, 11) is 0. The average molecular weight is 450 g/mol. The summed E-state index contributed by atoms with van der Waals surface area (Å²) in [5, 5.41) is 7.86. The molecule has 3 N–H and O–H groups in total. The van der Waals surface area contributed by atoms with E-state index in [1.54, 1.807) is 45.0 Å². The standard InChI is InChI=1S/C22H25ClFN3O4/c1-22(2,3)31-21(30)25-12-11-18(28)27-17-10-5-4-7-14(17)13-26-20(29)19-15(23)8-6-9-16(19)24/h4-10H,11-13H2,1-3H3,(H,25,30)(H,26,29)(H,27,28). The van der Waals surface area contributed by atoms with Crippen molar-refractivity contribution in [2.45, 2.75) is 39.3 Å². The van der Waals surface area contributed by atoms with Crippen molar-refractivity contribution in [1.29, 1.82) is 0 Å². The van der Waals surface area contributed by atoms with Gasteiger partial charge in [-0.15, -0.1) is 0 Å². The van der Waals surface area contributed by atoms with Gasteiger partial charge in [0.05, 0.1) is 10.6 Å². The highest BCUT2D eigenvalue weighted by Gasteiger charge is 2.17. The lowest BCUT2D eigenvalue weighted by atomic mass is 10.1. The Morgan fingerprint density at radius 3 is 2.42 bits per heavy atom. The first kappa shape index (κ1) is 24.1. The quantitative estimate of drug-likeness (QED) is 0.588. The van der Waals surface area contributed by atoms with Gasteiger partial charge >= 0.3 is 6.09 Å². The first-order valence-electron chi connectivity index (χ1n) is 9.63. The number of alkyl carbamates (subject to hydrolysis) is 1. The van der Waals surface area contributed by atoms with Crippen LogP contribution in [0, 0.1) is 5.82 Å². The summed E-state index contributed by atoms with van der Waals surface area (Å²) in [4.78, 5) is 36.2. The summed E-state index contributed by atoms with van der Waals surface area (Å²) in [6.45, 7) is 5.39. The topological polar surface area (TPSA) is 96.5 Å². The van der Waals surface area contributed by atoms with Crippen LogP contribution >= 0.6 is 11.6 Å². The molecule has 0 fully saturated rings. The zero-order valence-corrected chi connectivity index (χ0v) is 18.3. The maximum Gasteiger partial charge on any atom is 0.407 e. The number of para-hydroxylation sites is 1. The third-order valence-corrected chi connectivity index (χ3v) is 4.26. The molecule has 0 heterocycles. The van der Waals surface area contributed by atoms with Crippen LogP contribution in [0.25, 0.3) is 0 Å². The summed E-state index contributed by atoms with van der Waals surface area (Å²) < 4.78 is 19.0. The van der Waals surface area contributed by atoms with E-state index in [9.17, 15) is 18.8 Å². The number of benzene rings is 2. The van der Waals surface area contributed by atoms with Gasteiger partial charge in [0.1, 0.15) is 11.4 Å². The molecule has 31 heavy (non-hydrogen) atoms. The van der Waals surface area contributed by atoms with E-state index in [2.05, 4.69) is 16.0 Å². The second-order valence-corrected chi connectivity index (χ2v) is 8.07. The van der Waals surface area contributed by atoms with Crippen molar-refractivity contribution in [2.24, 2.45) is 0 Å². The van der Waals surface area contributed by atoms with Gasteiger partial charge in [0.2, 0.25) is 5.91 Å². The van der Waals surface area contributed by atoms with Crippen LogP contribution in [0.4, 0.5) is 14.9 Å². The lowest BCUT2D eigenvalue weighted by molar-refractivity contribution is -0.116. The maximum atomic E-state index is 13.9. The minimum absolute atomic E-state index is 0.0107. The first-order chi connectivity index (χ1) is 14.6. The van der Waals surface area contributed by atoms with Gasteiger partial charge in [-0.25, -0.2) is 9.18 Å². The number of anilines is 1. The fourth-order valence-electron chi connectivity index (χ4n) is 2.58. The highest BCUT2D eigenvalue weighted by molar-refractivity contribution is 6.33. The lowest BCUT2D eigenvalue weighted by Crippen LogP contribution is -2.34. The molecular weight excluding hydrogens is 425 g/mol. The molecule has 0 atom stereocenters. The Balaban J connectivity index is 1.91. The predicted octanol–water partition coefficient (Wildman–Crippen LogP) is 4.26. The summed E-state index contributed by atoms with van der Waals surface area (Å²) >= 11 is 5.92. The van der Waals surface area contributed by atoms with Gasteiger partial charge in [0.15, 0.2) is 0 Å². The Hall–Kier alpha value is -3.13. The SMILES string of the molecule is CC(C)(C)OC(=O)NCCC(=O)Nc1ccccc1CNC(=O)c1c(F)cccc1Cl. The van der Waals surface area contributed by atoms with Gasteiger partial charge < -0.3 is 20.7 Å². The van der Waals surface area contributed by atoms with Crippen molar-refractivity contribution in [3.05, 3.63) is 64.4 Å². The second kappa shape index (κ2) is 10.8. The fourth-order valence-corrected chi connectivity index (χ4v) is 2.83. The number of carbonyl (C=O) groups excluding carboxylic acids is 3. The van der Waals surface area contributed by atoms with Crippen LogP contribution in [0.15, 0.2) is 42.5 Å². The second-order valence-electron chi connectivity index (χ2n) is 7.66. The molecular formula is C22H25ClFN3O4. The van der Waals surface area contributed by atoms with Crippen LogP contribution in [0.3, 0.4) is 0 Å². The monoisotopic (exact) mass is 449 g/mol. The number of amides is 3. The third kappa shape index (κ3) is 7.90. The van der Waals surface area contributed by atoms with Crippen molar-refractivity contribution in [2.75, 3.05) is 11.9 Å². The van der Waals surface area contributed by atoms with Gasteiger partial charge in [0.25, 0.3) is 5.91 Å². The molecule has 166 valence electrons. The Morgan fingerprint density at radius 1 is 1.03 bits per heavy atom. The largest absolute Gasteiger partial charge is 0.444 e. The molecule has 3 amide bonds. The number of hydrogen-bond donors (Lipinski definition) is 3. The molecule has 0 aliphatic carbocycles. The van der Waals surface area contributed by atoms with E-state index in [0.29, 0.717) is 11.3 Å². The van der Waals surface area contributed by atoms with E-state index in [4.69, 9.17) is 16.3 Å². The van der Waals surface area contributed by atoms with E-state index in [1.807, 2.05) is 0 Å². The molecule has 0 aromatic heterocycles. The Morgan fingerprint density at radius 2 is 1.74 bits per heavy atom. The zero-order valence-electron chi connectivity index (χ0n) is 17.6. The van der Waals surface area contributed by atoms with Crippen molar-refractivity contribution >= 4 is 35.2 Å². The van der Waals surface area contributed by atoms with E-state index in [1.165, 1.54) is 12.1 Å². The Labute approximate surface area is 185 Å². The van der Waals surface area contributed by atoms with E-state index < -0.39 is 23.4 Å². The fraction of sp³-hybridized carbons (Fsp3) is 0.318. The Kier molecular flexibility index (Phi) is 8.38. The Bertz CT molecular complexity index is 940. The number of carbonyl (C=O) groups is 3. The minimum atomic E-state index is -0.718. The smallest absolute Gasteiger partial charge is 0.407 e. The maximum absolute atomic E-state index is 13.9. The summed E-state index contributed by atoms with van der Waals surface area (Å²) in [6.07, 6.45) is -0.569. The van der Waals surface area contributed by atoms with Gasteiger partial charge in [0, 0.05) is 25.2 Å². The number of nitrogens with one attached hydrogen (secondary N) is 3. The van der Waals surface area contributed by atoms with Gasteiger partial charge in [-0.3, -0.25) is 9.59 Å². The molecule has 0 saturated heterocycles. The van der Waals surface area contributed by atoms with E-state index >= 15 is 0 Å². The molecule has 2 aromatic carbocycles. The molecule has 0 spiro atoms. The third-order valence-electron chi connectivity index (χ3n) is 3.94. The molecule has 0 unspecified atom stereocenters. The molecule has 0 aliphatic heterocycles. The van der Waals surface area contributed by atoms with Gasteiger partial charge in [-0.2, -0.15) is 0 Å². The van der Waals surface area contributed by atoms with Crippen LogP contribution in [-0.4, -0.2) is 30.1 Å². The average Bonchev–Trinajstić information content (AvgIpc) is 2.65.